The van der Waals surface area contributed by atoms with Gasteiger partial charge >= 0.3 is 6.09 Å². The summed E-state index contributed by atoms with van der Waals surface area (Å²) in [5.74, 6) is 0.115. The van der Waals surface area contributed by atoms with Crippen molar-refractivity contribution in [1.29, 1.82) is 0 Å². The fourth-order valence-electron chi connectivity index (χ4n) is 1.83. The van der Waals surface area contributed by atoms with E-state index in [-0.39, 0.29) is 5.91 Å². The van der Waals surface area contributed by atoms with E-state index in [0.717, 1.165) is 4.90 Å². The number of carbonyl (C=O) groups is 2. The van der Waals surface area contributed by atoms with Gasteiger partial charge in [-0.1, -0.05) is 6.07 Å². The molecule has 0 fully saturated rings. The van der Waals surface area contributed by atoms with Crippen molar-refractivity contribution in [2.45, 2.75) is 37.3 Å². The zero-order chi connectivity index (χ0) is 15.6. The molecule has 1 aromatic rings. The summed E-state index contributed by atoms with van der Waals surface area (Å²) in [5.41, 5.74) is 6.57. The topological polar surface area (TPSA) is 93.4 Å². The van der Waals surface area contributed by atoms with E-state index in [1.807, 2.05) is 0 Å². The van der Waals surface area contributed by atoms with Gasteiger partial charge in [-0.25, -0.2) is 4.79 Å². The quantitative estimate of drug-likeness (QED) is 0.692. The minimum Gasteiger partial charge on any atom is -0.444 e. The highest BCUT2D eigenvalue weighted by molar-refractivity contribution is 7.99. The molecule has 0 aliphatic carbocycles. The van der Waals surface area contributed by atoms with Crippen molar-refractivity contribution in [3.8, 4) is 0 Å². The smallest absolute Gasteiger partial charge is 0.408 e. The molecule has 1 atom stereocenters. The summed E-state index contributed by atoms with van der Waals surface area (Å²) in [6.45, 7) is 5.31. The molecule has 4 N–H and O–H groups in total. The summed E-state index contributed by atoms with van der Waals surface area (Å²) in [6.07, 6.45) is -0.609. The molecule has 1 unspecified atom stereocenters. The third-order valence-electron chi connectivity index (χ3n) is 2.71. The van der Waals surface area contributed by atoms with Gasteiger partial charge in [-0.2, -0.15) is 0 Å². The van der Waals surface area contributed by atoms with Gasteiger partial charge in [-0.3, -0.25) is 4.79 Å². The second-order valence-corrected chi connectivity index (χ2v) is 6.75. The molecule has 1 heterocycles. The van der Waals surface area contributed by atoms with E-state index in [1.165, 1.54) is 11.8 Å². The highest BCUT2D eigenvalue weighted by atomic mass is 32.2. The zero-order valence-corrected chi connectivity index (χ0v) is 13.0. The first-order chi connectivity index (χ1) is 9.76. The molecule has 0 spiro atoms. The molecular formula is C14H19N3O3S. The largest absolute Gasteiger partial charge is 0.444 e. The maximum absolute atomic E-state index is 12.2. The van der Waals surface area contributed by atoms with Gasteiger partial charge in [0.15, 0.2) is 0 Å². The lowest BCUT2D eigenvalue weighted by Gasteiger charge is -2.22. The third-order valence-corrected chi connectivity index (χ3v) is 3.95. The molecule has 0 radical (unpaired) electrons. The number of ether oxygens (including phenoxy) is 1. The van der Waals surface area contributed by atoms with E-state index in [1.54, 1.807) is 39.0 Å². The lowest BCUT2D eigenvalue weighted by molar-refractivity contribution is -0.117. The second kappa shape index (κ2) is 5.85. The Hall–Kier alpha value is -1.89. The van der Waals surface area contributed by atoms with Crippen molar-refractivity contribution in [3.63, 3.8) is 0 Å². The number of alkyl carbamates (subject to hydrolysis) is 1. The Morgan fingerprint density at radius 2 is 2.19 bits per heavy atom. The van der Waals surface area contributed by atoms with Gasteiger partial charge in [-0.05, 0) is 32.9 Å². The average molecular weight is 309 g/mol. The lowest BCUT2D eigenvalue weighted by atomic mass is 10.2. The van der Waals surface area contributed by atoms with E-state index in [4.69, 9.17) is 10.5 Å². The fourth-order valence-corrected chi connectivity index (χ4v) is 2.91. The third kappa shape index (κ3) is 4.04. The molecule has 1 aliphatic heterocycles. The first-order valence-electron chi connectivity index (χ1n) is 6.58. The number of carbonyl (C=O) groups excluding carboxylic acids is 2. The number of nitrogens with one attached hydrogen (secondary N) is 2. The maximum atomic E-state index is 12.2. The molecule has 2 amide bonds. The van der Waals surface area contributed by atoms with Crippen LogP contribution in [0.15, 0.2) is 23.1 Å². The number of thioether (sulfide) groups is 1. The van der Waals surface area contributed by atoms with Crippen molar-refractivity contribution >= 4 is 35.1 Å². The van der Waals surface area contributed by atoms with Gasteiger partial charge in [0.2, 0.25) is 5.91 Å². The highest BCUT2D eigenvalue weighted by Gasteiger charge is 2.28. The van der Waals surface area contributed by atoms with Crippen LogP contribution in [0.3, 0.4) is 0 Å². The number of hydrogen-bond acceptors (Lipinski definition) is 5. The summed E-state index contributed by atoms with van der Waals surface area (Å²) < 4.78 is 5.17. The molecule has 6 nitrogen and oxygen atoms in total. The number of anilines is 2. The van der Waals surface area contributed by atoms with Crippen LogP contribution in [0.4, 0.5) is 16.2 Å². The number of rotatable bonds is 1. The molecular weight excluding hydrogens is 290 g/mol. The lowest BCUT2D eigenvalue weighted by Crippen LogP contribution is -2.46. The Labute approximate surface area is 127 Å². The van der Waals surface area contributed by atoms with Gasteiger partial charge in [0, 0.05) is 11.4 Å². The van der Waals surface area contributed by atoms with E-state index in [0.29, 0.717) is 17.1 Å². The predicted molar refractivity (Wildman–Crippen MR) is 83.4 cm³/mol. The van der Waals surface area contributed by atoms with Crippen LogP contribution >= 0.6 is 11.8 Å². The van der Waals surface area contributed by atoms with Gasteiger partial charge < -0.3 is 21.1 Å². The van der Waals surface area contributed by atoms with Crippen LogP contribution in [-0.4, -0.2) is 29.4 Å². The first-order valence-corrected chi connectivity index (χ1v) is 7.56. The highest BCUT2D eigenvalue weighted by Crippen LogP contribution is 2.35. The number of fused-ring (bicyclic) bond motifs is 1. The van der Waals surface area contributed by atoms with Gasteiger partial charge in [-0.15, -0.1) is 11.8 Å². The van der Waals surface area contributed by atoms with Gasteiger partial charge in [0.25, 0.3) is 0 Å². The SMILES string of the molecule is CC(C)(C)OC(=O)NC1CSc2c(N)cccc2NC1=O. The minimum absolute atomic E-state index is 0.280. The number of hydrogen-bond donors (Lipinski definition) is 3. The summed E-state index contributed by atoms with van der Waals surface area (Å²) in [4.78, 5) is 24.7. The Morgan fingerprint density at radius 3 is 2.86 bits per heavy atom. The summed E-state index contributed by atoms with van der Waals surface area (Å²) in [6, 6.07) is 4.67. The summed E-state index contributed by atoms with van der Waals surface area (Å²) in [7, 11) is 0. The van der Waals surface area contributed by atoms with Crippen LogP contribution in [0, 0.1) is 0 Å². The predicted octanol–water partition coefficient (Wildman–Crippen LogP) is 2.21. The van der Waals surface area contributed by atoms with Crippen molar-refractivity contribution in [2.24, 2.45) is 0 Å². The van der Waals surface area contributed by atoms with Crippen LogP contribution in [0.2, 0.25) is 0 Å². The van der Waals surface area contributed by atoms with Crippen molar-refractivity contribution in [1.82, 2.24) is 5.32 Å². The van der Waals surface area contributed by atoms with Crippen LogP contribution in [0.25, 0.3) is 0 Å². The number of amides is 2. The number of nitrogen functional groups attached to an aromatic ring is 1. The molecule has 0 saturated carbocycles. The van der Waals surface area contributed by atoms with Crippen LogP contribution in [0.5, 0.6) is 0 Å². The van der Waals surface area contributed by atoms with Crippen molar-refractivity contribution < 1.29 is 14.3 Å². The number of benzene rings is 1. The molecule has 0 bridgehead atoms. The van der Waals surface area contributed by atoms with Crippen LogP contribution in [0.1, 0.15) is 20.8 Å². The molecule has 0 saturated heterocycles. The van der Waals surface area contributed by atoms with Crippen molar-refractivity contribution in [3.05, 3.63) is 18.2 Å². The second-order valence-electron chi connectivity index (χ2n) is 5.72. The van der Waals surface area contributed by atoms with E-state index < -0.39 is 17.7 Å². The average Bonchev–Trinajstić information content (AvgIpc) is 2.48. The first kappa shape index (κ1) is 15.5. The van der Waals surface area contributed by atoms with Gasteiger partial charge in [0.1, 0.15) is 11.6 Å². The summed E-state index contributed by atoms with van der Waals surface area (Å²) in [5, 5.41) is 5.36. The van der Waals surface area contributed by atoms with E-state index in [2.05, 4.69) is 10.6 Å². The van der Waals surface area contributed by atoms with Gasteiger partial charge in [0.05, 0.1) is 10.6 Å². The zero-order valence-electron chi connectivity index (χ0n) is 12.2. The van der Waals surface area contributed by atoms with Crippen molar-refractivity contribution in [2.75, 3.05) is 16.8 Å². The Kier molecular flexibility index (Phi) is 4.32. The normalized spacial score (nSPS) is 18.2. The molecule has 1 aliphatic rings. The monoisotopic (exact) mass is 309 g/mol. The standard InChI is InChI=1S/C14H19N3O3S/c1-14(2,3)20-13(19)17-10-7-21-11-8(15)5-4-6-9(11)16-12(10)18/h4-6,10H,7,15H2,1-3H3,(H,16,18)(H,17,19). The molecule has 2 rings (SSSR count). The van der Waals surface area contributed by atoms with E-state index >= 15 is 0 Å². The van der Waals surface area contributed by atoms with Crippen LogP contribution in [-0.2, 0) is 9.53 Å². The molecule has 114 valence electrons. The number of nitrogens with two attached hydrogens (primary N) is 1. The molecule has 21 heavy (non-hydrogen) atoms. The Balaban J connectivity index is 2.07. The fraction of sp³-hybridized carbons (Fsp3) is 0.429. The van der Waals surface area contributed by atoms with Crippen LogP contribution < -0.4 is 16.4 Å². The van der Waals surface area contributed by atoms with E-state index in [9.17, 15) is 9.59 Å². The maximum Gasteiger partial charge on any atom is 0.408 e. The Morgan fingerprint density at radius 1 is 1.48 bits per heavy atom. The minimum atomic E-state index is -0.670. The Bertz CT molecular complexity index is 569. The molecule has 7 heteroatoms. The molecule has 1 aromatic carbocycles. The summed E-state index contributed by atoms with van der Waals surface area (Å²) >= 11 is 1.43. The molecule has 0 aromatic heterocycles.